The molecule has 0 aliphatic carbocycles. The minimum atomic E-state index is -0.876. The van der Waals surface area contributed by atoms with Gasteiger partial charge >= 0.3 is 5.97 Å². The lowest BCUT2D eigenvalue weighted by atomic mass is 9.95. The number of esters is 1. The maximum atomic E-state index is 11.8. The van der Waals surface area contributed by atoms with Gasteiger partial charge in [-0.05, 0) is 37.7 Å². The summed E-state index contributed by atoms with van der Waals surface area (Å²) in [6.07, 6.45) is 2.46. The van der Waals surface area contributed by atoms with Gasteiger partial charge in [0.1, 0.15) is 4.08 Å². The molecular formula is C12H20O4S2. The van der Waals surface area contributed by atoms with E-state index in [1.54, 1.807) is 14.0 Å². The zero-order valence-corrected chi connectivity index (χ0v) is 12.7. The van der Waals surface area contributed by atoms with Gasteiger partial charge in [0.2, 0.25) is 0 Å². The molecule has 1 spiro atoms. The van der Waals surface area contributed by atoms with Crippen molar-refractivity contribution in [2.75, 3.05) is 25.7 Å². The summed E-state index contributed by atoms with van der Waals surface area (Å²) in [7, 11) is 3.04. The lowest BCUT2D eigenvalue weighted by Crippen LogP contribution is -2.55. The van der Waals surface area contributed by atoms with Crippen LogP contribution in [-0.2, 0) is 19.0 Å². The Hall–Kier alpha value is 0.0900. The highest BCUT2D eigenvalue weighted by Gasteiger charge is 2.53. The zero-order chi connectivity index (χ0) is 13.2. The summed E-state index contributed by atoms with van der Waals surface area (Å²) < 4.78 is 16.2. The quantitative estimate of drug-likeness (QED) is 0.728. The second-order valence-corrected chi connectivity index (χ2v) is 7.88. The van der Waals surface area contributed by atoms with E-state index in [0.29, 0.717) is 6.42 Å². The molecule has 2 aliphatic rings. The van der Waals surface area contributed by atoms with Crippen LogP contribution >= 0.6 is 23.5 Å². The fourth-order valence-corrected chi connectivity index (χ4v) is 5.72. The first-order chi connectivity index (χ1) is 8.56. The third kappa shape index (κ3) is 2.53. The summed E-state index contributed by atoms with van der Waals surface area (Å²) in [5.74, 6) is 1.95. The fourth-order valence-electron chi connectivity index (χ4n) is 2.38. The average Bonchev–Trinajstić information content (AvgIpc) is 2.42. The number of hydrogen-bond donors (Lipinski definition) is 0. The van der Waals surface area contributed by atoms with Crippen molar-refractivity contribution in [3.05, 3.63) is 0 Å². The smallest absolute Gasteiger partial charge is 0.337 e. The minimum Gasteiger partial charge on any atom is -0.467 e. The lowest BCUT2D eigenvalue weighted by molar-refractivity contribution is -0.231. The standard InChI is InChI=1S/C12H20O4S2/c1-11(9(13)14-2)5-6-12(10(15-3)16-11)17-7-4-8-18-12/h10H,4-8H2,1-3H3/t10-,11-/m0/s1. The van der Waals surface area contributed by atoms with Crippen molar-refractivity contribution in [2.24, 2.45) is 0 Å². The zero-order valence-electron chi connectivity index (χ0n) is 11.1. The van der Waals surface area contributed by atoms with Gasteiger partial charge in [-0.2, -0.15) is 0 Å². The minimum absolute atomic E-state index is 0.0550. The van der Waals surface area contributed by atoms with Crippen LogP contribution in [0.3, 0.4) is 0 Å². The molecule has 6 heteroatoms. The number of methoxy groups -OCH3 is 2. The van der Waals surface area contributed by atoms with Crippen molar-refractivity contribution in [1.82, 2.24) is 0 Å². The van der Waals surface area contributed by atoms with Crippen LogP contribution in [0, 0.1) is 0 Å². The van der Waals surface area contributed by atoms with Crippen molar-refractivity contribution in [2.45, 2.75) is 42.2 Å². The molecule has 0 radical (unpaired) electrons. The van der Waals surface area contributed by atoms with Crippen LogP contribution in [0.4, 0.5) is 0 Å². The van der Waals surface area contributed by atoms with E-state index in [1.807, 2.05) is 23.5 Å². The molecule has 2 saturated heterocycles. The van der Waals surface area contributed by atoms with E-state index in [1.165, 1.54) is 13.5 Å². The Balaban J connectivity index is 2.14. The molecular weight excluding hydrogens is 272 g/mol. The molecule has 0 amide bonds. The molecule has 4 nitrogen and oxygen atoms in total. The molecule has 0 saturated carbocycles. The largest absolute Gasteiger partial charge is 0.467 e. The highest BCUT2D eigenvalue weighted by atomic mass is 32.2. The first kappa shape index (κ1) is 14.5. The van der Waals surface area contributed by atoms with Gasteiger partial charge in [-0.1, -0.05) is 0 Å². The summed E-state index contributed by atoms with van der Waals surface area (Å²) in [5, 5.41) is 0. The Morgan fingerprint density at radius 2 is 1.94 bits per heavy atom. The van der Waals surface area contributed by atoms with Gasteiger partial charge in [0.05, 0.1) is 7.11 Å². The highest BCUT2D eigenvalue weighted by molar-refractivity contribution is 8.18. The predicted molar refractivity (Wildman–Crippen MR) is 73.8 cm³/mol. The predicted octanol–water partition coefficient (Wildman–Crippen LogP) is 2.27. The number of rotatable bonds is 2. The van der Waals surface area contributed by atoms with Crippen LogP contribution < -0.4 is 0 Å². The van der Waals surface area contributed by atoms with Crippen molar-refractivity contribution in [1.29, 1.82) is 0 Å². The number of carbonyl (C=O) groups is 1. The second-order valence-electron chi connectivity index (χ2n) is 4.77. The summed E-state index contributed by atoms with van der Waals surface area (Å²) in [4.78, 5) is 11.8. The van der Waals surface area contributed by atoms with Gasteiger partial charge < -0.3 is 14.2 Å². The first-order valence-corrected chi connectivity index (χ1v) is 8.10. The van der Waals surface area contributed by atoms with E-state index in [0.717, 1.165) is 17.9 Å². The van der Waals surface area contributed by atoms with Crippen molar-refractivity contribution < 1.29 is 19.0 Å². The van der Waals surface area contributed by atoms with E-state index < -0.39 is 5.60 Å². The van der Waals surface area contributed by atoms with Gasteiger partial charge in [0, 0.05) is 7.11 Å². The molecule has 2 aliphatic heterocycles. The number of ether oxygens (including phenoxy) is 3. The van der Waals surface area contributed by atoms with E-state index in [2.05, 4.69) is 0 Å². The molecule has 104 valence electrons. The topological polar surface area (TPSA) is 44.8 Å². The van der Waals surface area contributed by atoms with E-state index in [9.17, 15) is 4.79 Å². The number of hydrogen-bond acceptors (Lipinski definition) is 6. The molecule has 2 atom stereocenters. The molecule has 0 bridgehead atoms. The summed E-state index contributed by atoms with van der Waals surface area (Å²) in [6, 6.07) is 0. The van der Waals surface area contributed by atoms with Crippen molar-refractivity contribution >= 4 is 29.5 Å². The van der Waals surface area contributed by atoms with Gasteiger partial charge in [0.25, 0.3) is 0 Å². The van der Waals surface area contributed by atoms with Crippen molar-refractivity contribution in [3.8, 4) is 0 Å². The van der Waals surface area contributed by atoms with E-state index in [-0.39, 0.29) is 16.3 Å². The van der Waals surface area contributed by atoms with Crippen LogP contribution in [0.25, 0.3) is 0 Å². The molecule has 0 aromatic heterocycles. The fraction of sp³-hybridized carbons (Fsp3) is 0.917. The molecule has 0 aromatic carbocycles. The van der Waals surface area contributed by atoms with Gasteiger partial charge in [0.15, 0.2) is 11.9 Å². The Morgan fingerprint density at radius 3 is 2.50 bits per heavy atom. The first-order valence-electron chi connectivity index (χ1n) is 6.13. The van der Waals surface area contributed by atoms with Crippen LogP contribution in [0.5, 0.6) is 0 Å². The summed E-state index contributed by atoms with van der Waals surface area (Å²) >= 11 is 3.80. The van der Waals surface area contributed by atoms with Crippen molar-refractivity contribution in [3.63, 3.8) is 0 Å². The molecule has 2 rings (SSSR count). The van der Waals surface area contributed by atoms with Crippen LogP contribution in [0.2, 0.25) is 0 Å². The maximum Gasteiger partial charge on any atom is 0.337 e. The van der Waals surface area contributed by atoms with E-state index >= 15 is 0 Å². The number of thioether (sulfide) groups is 2. The Bertz CT molecular complexity index is 317. The summed E-state index contributed by atoms with van der Waals surface area (Å²) in [5.41, 5.74) is -0.876. The van der Waals surface area contributed by atoms with Gasteiger partial charge in [-0.15, -0.1) is 23.5 Å². The molecule has 2 fully saturated rings. The van der Waals surface area contributed by atoms with Crippen LogP contribution in [0.15, 0.2) is 0 Å². The maximum absolute atomic E-state index is 11.8. The van der Waals surface area contributed by atoms with Crippen LogP contribution in [0.1, 0.15) is 26.2 Å². The van der Waals surface area contributed by atoms with Gasteiger partial charge in [-0.25, -0.2) is 4.79 Å². The Kier molecular flexibility index (Phi) is 4.52. The number of carbonyl (C=O) groups excluding carboxylic acids is 1. The second kappa shape index (κ2) is 5.61. The molecule has 0 unspecified atom stereocenters. The third-order valence-electron chi connectivity index (χ3n) is 3.49. The highest BCUT2D eigenvalue weighted by Crippen LogP contribution is 2.53. The monoisotopic (exact) mass is 292 g/mol. The van der Waals surface area contributed by atoms with E-state index in [4.69, 9.17) is 14.2 Å². The SMILES string of the molecule is COC(=O)[C@]1(C)CCC2(SCCCS2)[C@@H](OC)O1. The Labute approximate surface area is 116 Å². The van der Waals surface area contributed by atoms with Crippen LogP contribution in [-0.4, -0.2) is 47.7 Å². The summed E-state index contributed by atoms with van der Waals surface area (Å²) in [6.45, 7) is 1.79. The van der Waals surface area contributed by atoms with Gasteiger partial charge in [-0.3, -0.25) is 0 Å². The molecule has 0 N–H and O–H groups in total. The normalized spacial score (nSPS) is 35.4. The average molecular weight is 292 g/mol. The molecule has 0 aromatic rings. The molecule has 18 heavy (non-hydrogen) atoms. The lowest BCUT2D eigenvalue weighted by Gasteiger charge is -2.48. The third-order valence-corrected chi connectivity index (χ3v) is 6.95. The Morgan fingerprint density at radius 1 is 1.28 bits per heavy atom. The molecule has 2 heterocycles.